The van der Waals surface area contributed by atoms with Crippen molar-refractivity contribution in [2.24, 2.45) is 0 Å². The number of nitro groups is 1. The average molecular weight is 268 g/mol. The number of nitrogens with zero attached hydrogens (tertiary/aromatic N) is 2. The molecule has 0 aliphatic rings. The summed E-state index contributed by atoms with van der Waals surface area (Å²) in [7, 11) is 1.75. The molecule has 1 aromatic heterocycles. The number of thiophene rings is 1. The highest BCUT2D eigenvalue weighted by atomic mass is 32.1. The van der Waals surface area contributed by atoms with E-state index in [9.17, 15) is 14.9 Å². The lowest BCUT2D eigenvalue weighted by molar-refractivity contribution is -0.380. The second kappa shape index (κ2) is 6.90. The number of unbranched alkanes of at least 4 members (excludes halogenated alkanes) is 1. The van der Waals surface area contributed by atoms with Gasteiger partial charge in [-0.1, -0.05) is 24.7 Å². The summed E-state index contributed by atoms with van der Waals surface area (Å²) >= 11 is 1.06. The van der Waals surface area contributed by atoms with Gasteiger partial charge >= 0.3 is 5.00 Å². The molecule has 0 N–H and O–H groups in total. The molecule has 0 aliphatic carbocycles. The molecule has 1 aromatic rings. The maximum Gasteiger partial charge on any atom is 0.324 e. The standard InChI is InChI=1S/C12H16N2O3S/c1-3-4-9-13(2)11(15)7-5-10-6-8-12(18-10)14(16)17/h5-8H,3-4,9H2,1-2H3/b7-5+. The van der Waals surface area contributed by atoms with Crippen molar-refractivity contribution in [1.29, 1.82) is 0 Å². The summed E-state index contributed by atoms with van der Waals surface area (Å²) in [6.07, 6.45) is 5.08. The Morgan fingerprint density at radius 1 is 1.56 bits per heavy atom. The van der Waals surface area contributed by atoms with E-state index in [4.69, 9.17) is 0 Å². The van der Waals surface area contributed by atoms with Crippen LogP contribution in [0.15, 0.2) is 18.2 Å². The van der Waals surface area contributed by atoms with Crippen molar-refractivity contribution in [3.8, 4) is 0 Å². The van der Waals surface area contributed by atoms with E-state index < -0.39 is 4.92 Å². The smallest absolute Gasteiger partial charge is 0.324 e. The van der Waals surface area contributed by atoms with Crippen LogP contribution >= 0.6 is 11.3 Å². The van der Waals surface area contributed by atoms with Gasteiger partial charge in [-0.2, -0.15) is 0 Å². The Balaban J connectivity index is 2.57. The molecule has 6 heteroatoms. The Morgan fingerprint density at radius 2 is 2.28 bits per heavy atom. The van der Waals surface area contributed by atoms with Gasteiger partial charge in [-0.15, -0.1) is 0 Å². The highest BCUT2D eigenvalue weighted by molar-refractivity contribution is 7.16. The van der Waals surface area contributed by atoms with Crippen LogP contribution in [0.3, 0.4) is 0 Å². The first-order chi connectivity index (χ1) is 8.54. The molecule has 0 bridgehead atoms. The Labute approximate surface area is 110 Å². The number of carbonyl (C=O) groups excluding carboxylic acids is 1. The van der Waals surface area contributed by atoms with Crippen molar-refractivity contribution in [2.75, 3.05) is 13.6 Å². The third-order valence-corrected chi connectivity index (χ3v) is 3.41. The SMILES string of the molecule is CCCCN(C)C(=O)/C=C/c1ccc([N+](=O)[O-])s1. The second-order valence-electron chi connectivity index (χ2n) is 3.88. The minimum absolute atomic E-state index is 0.0838. The van der Waals surface area contributed by atoms with Gasteiger partial charge in [0.1, 0.15) is 0 Å². The molecule has 0 saturated carbocycles. The number of rotatable bonds is 6. The molecular weight excluding hydrogens is 252 g/mol. The van der Waals surface area contributed by atoms with E-state index in [1.54, 1.807) is 24.1 Å². The monoisotopic (exact) mass is 268 g/mol. The van der Waals surface area contributed by atoms with E-state index in [-0.39, 0.29) is 10.9 Å². The summed E-state index contributed by atoms with van der Waals surface area (Å²) < 4.78 is 0. The van der Waals surface area contributed by atoms with Gasteiger partial charge in [-0.05, 0) is 18.6 Å². The van der Waals surface area contributed by atoms with Crippen LogP contribution < -0.4 is 0 Å². The van der Waals surface area contributed by atoms with Gasteiger partial charge in [-0.25, -0.2) is 0 Å². The number of carbonyl (C=O) groups is 1. The fraction of sp³-hybridized carbons (Fsp3) is 0.417. The third-order valence-electron chi connectivity index (χ3n) is 2.41. The molecule has 0 saturated heterocycles. The molecule has 1 rings (SSSR count). The van der Waals surface area contributed by atoms with E-state index in [1.165, 1.54) is 12.1 Å². The van der Waals surface area contributed by atoms with Crippen LogP contribution in [0.4, 0.5) is 5.00 Å². The van der Waals surface area contributed by atoms with Gasteiger partial charge in [0.05, 0.1) is 4.92 Å². The number of hydrogen-bond acceptors (Lipinski definition) is 4. The molecule has 0 aliphatic heterocycles. The molecule has 0 spiro atoms. The van der Waals surface area contributed by atoms with Crippen LogP contribution in [0, 0.1) is 10.1 Å². The Kier molecular flexibility index (Phi) is 5.51. The van der Waals surface area contributed by atoms with Gasteiger partial charge < -0.3 is 4.90 Å². The quantitative estimate of drug-likeness (QED) is 0.452. The molecule has 1 amide bonds. The molecule has 0 radical (unpaired) electrons. The van der Waals surface area contributed by atoms with Crippen LogP contribution in [-0.4, -0.2) is 29.3 Å². The molecule has 98 valence electrons. The molecule has 0 unspecified atom stereocenters. The molecular formula is C12H16N2O3S. The lowest BCUT2D eigenvalue weighted by Crippen LogP contribution is -2.25. The van der Waals surface area contributed by atoms with E-state index in [0.29, 0.717) is 4.88 Å². The fourth-order valence-corrected chi connectivity index (χ4v) is 2.04. The van der Waals surface area contributed by atoms with Crippen LogP contribution in [-0.2, 0) is 4.79 Å². The average Bonchev–Trinajstić information content (AvgIpc) is 2.81. The fourth-order valence-electron chi connectivity index (χ4n) is 1.32. The lowest BCUT2D eigenvalue weighted by atomic mass is 10.3. The molecule has 0 aromatic carbocycles. The Morgan fingerprint density at radius 3 is 2.83 bits per heavy atom. The summed E-state index contributed by atoms with van der Waals surface area (Å²) in [6, 6.07) is 3.08. The van der Waals surface area contributed by atoms with Crippen molar-refractivity contribution in [2.45, 2.75) is 19.8 Å². The maximum absolute atomic E-state index is 11.7. The van der Waals surface area contributed by atoms with Crippen LogP contribution in [0.25, 0.3) is 6.08 Å². The first kappa shape index (κ1) is 14.4. The molecule has 18 heavy (non-hydrogen) atoms. The number of likely N-dealkylation sites (N-methyl/N-ethyl adjacent to an activating group) is 1. The van der Waals surface area contributed by atoms with Crippen molar-refractivity contribution in [1.82, 2.24) is 4.90 Å². The minimum Gasteiger partial charge on any atom is -0.342 e. The normalized spacial score (nSPS) is 10.8. The highest BCUT2D eigenvalue weighted by Gasteiger charge is 2.08. The summed E-state index contributed by atoms with van der Waals surface area (Å²) in [6.45, 7) is 2.79. The van der Waals surface area contributed by atoms with Gasteiger partial charge in [0.25, 0.3) is 0 Å². The van der Waals surface area contributed by atoms with Crippen LogP contribution in [0.2, 0.25) is 0 Å². The largest absolute Gasteiger partial charge is 0.342 e. The summed E-state index contributed by atoms with van der Waals surface area (Å²) in [5.41, 5.74) is 0. The molecule has 5 nitrogen and oxygen atoms in total. The predicted molar refractivity (Wildman–Crippen MR) is 72.6 cm³/mol. The van der Waals surface area contributed by atoms with Gasteiger partial charge in [0, 0.05) is 30.6 Å². The van der Waals surface area contributed by atoms with E-state index in [1.807, 2.05) is 0 Å². The van der Waals surface area contributed by atoms with E-state index >= 15 is 0 Å². The topological polar surface area (TPSA) is 63.5 Å². The predicted octanol–water partition coefficient (Wildman–Crippen LogP) is 2.93. The van der Waals surface area contributed by atoms with Gasteiger partial charge in [0.2, 0.25) is 5.91 Å². The molecule has 0 fully saturated rings. The minimum atomic E-state index is -0.433. The highest BCUT2D eigenvalue weighted by Crippen LogP contribution is 2.24. The van der Waals surface area contributed by atoms with Crippen LogP contribution in [0.5, 0.6) is 0 Å². The summed E-state index contributed by atoms with van der Waals surface area (Å²) in [4.78, 5) is 24.1. The van der Waals surface area contributed by atoms with Crippen molar-refractivity contribution in [3.63, 3.8) is 0 Å². The van der Waals surface area contributed by atoms with Gasteiger partial charge in [0.15, 0.2) is 0 Å². The zero-order valence-corrected chi connectivity index (χ0v) is 11.3. The summed E-state index contributed by atoms with van der Waals surface area (Å²) in [5.74, 6) is -0.0838. The van der Waals surface area contributed by atoms with Crippen molar-refractivity contribution in [3.05, 3.63) is 33.2 Å². The van der Waals surface area contributed by atoms with E-state index in [0.717, 1.165) is 30.7 Å². The molecule has 0 atom stereocenters. The first-order valence-electron chi connectivity index (χ1n) is 5.72. The zero-order chi connectivity index (χ0) is 13.5. The Hall–Kier alpha value is -1.69. The Bertz CT molecular complexity index is 454. The number of hydrogen-bond donors (Lipinski definition) is 0. The zero-order valence-electron chi connectivity index (χ0n) is 10.5. The first-order valence-corrected chi connectivity index (χ1v) is 6.53. The van der Waals surface area contributed by atoms with Gasteiger partial charge in [-0.3, -0.25) is 14.9 Å². The van der Waals surface area contributed by atoms with E-state index in [2.05, 4.69) is 6.92 Å². The van der Waals surface area contributed by atoms with Crippen molar-refractivity contribution < 1.29 is 9.72 Å². The van der Waals surface area contributed by atoms with Crippen molar-refractivity contribution >= 4 is 28.3 Å². The number of amides is 1. The maximum atomic E-state index is 11.7. The lowest BCUT2D eigenvalue weighted by Gasteiger charge is -2.13. The summed E-state index contributed by atoms with van der Waals surface area (Å²) in [5, 5.41) is 10.6. The van der Waals surface area contributed by atoms with Crippen LogP contribution in [0.1, 0.15) is 24.6 Å². The molecule has 1 heterocycles. The second-order valence-corrected chi connectivity index (χ2v) is 4.97. The third kappa shape index (κ3) is 4.29.